The van der Waals surface area contributed by atoms with Gasteiger partial charge in [0.2, 0.25) is 0 Å². The average molecular weight is 224 g/mol. The van der Waals surface area contributed by atoms with Crippen LogP contribution in [-0.4, -0.2) is 14.6 Å². The number of pyridine rings is 2. The predicted octanol–water partition coefficient (Wildman–Crippen LogP) is 2.29. The second-order valence-corrected chi connectivity index (χ2v) is 3.99. The first-order valence-corrected chi connectivity index (χ1v) is 5.40. The van der Waals surface area contributed by atoms with Crippen LogP contribution in [-0.2, 0) is 0 Å². The van der Waals surface area contributed by atoms with Gasteiger partial charge in [-0.1, -0.05) is 0 Å². The molecule has 2 N–H and O–H groups in total. The molecule has 0 fully saturated rings. The van der Waals surface area contributed by atoms with Crippen LogP contribution >= 0.6 is 0 Å². The highest BCUT2D eigenvalue weighted by atomic mass is 15.2. The van der Waals surface area contributed by atoms with Crippen LogP contribution < -0.4 is 5.73 Å². The van der Waals surface area contributed by atoms with E-state index >= 15 is 0 Å². The summed E-state index contributed by atoms with van der Waals surface area (Å²) in [5, 5.41) is 4.21. The molecule has 0 saturated carbocycles. The smallest absolute Gasteiger partial charge is 0.123 e. The molecule has 0 aliphatic carbocycles. The molecule has 4 nitrogen and oxygen atoms in total. The van der Waals surface area contributed by atoms with Gasteiger partial charge in [0.1, 0.15) is 5.82 Å². The van der Waals surface area contributed by atoms with E-state index in [0.717, 1.165) is 16.6 Å². The molecule has 0 aliphatic rings. The van der Waals surface area contributed by atoms with Crippen molar-refractivity contribution < 1.29 is 0 Å². The maximum Gasteiger partial charge on any atom is 0.123 e. The minimum absolute atomic E-state index is 0.539. The highest BCUT2D eigenvalue weighted by molar-refractivity contribution is 5.74. The van der Waals surface area contributed by atoms with E-state index in [2.05, 4.69) is 17.0 Å². The van der Waals surface area contributed by atoms with Crippen LogP contribution in [0.25, 0.3) is 16.6 Å². The Bertz CT molecular complexity index is 667. The summed E-state index contributed by atoms with van der Waals surface area (Å²) in [6, 6.07) is 7.85. The van der Waals surface area contributed by atoms with Gasteiger partial charge in [0, 0.05) is 24.2 Å². The third-order valence-electron chi connectivity index (χ3n) is 2.94. The highest BCUT2D eigenvalue weighted by Gasteiger charge is 2.06. The van der Waals surface area contributed by atoms with Gasteiger partial charge in [-0.2, -0.15) is 5.10 Å². The van der Waals surface area contributed by atoms with Crippen molar-refractivity contribution in [2.24, 2.45) is 0 Å². The van der Waals surface area contributed by atoms with E-state index in [9.17, 15) is 0 Å². The minimum Gasteiger partial charge on any atom is -0.384 e. The third kappa shape index (κ3) is 1.54. The largest absolute Gasteiger partial charge is 0.384 e. The summed E-state index contributed by atoms with van der Waals surface area (Å²) >= 11 is 0. The summed E-state index contributed by atoms with van der Waals surface area (Å²) in [4.78, 5) is 4.12. The van der Waals surface area contributed by atoms with Crippen molar-refractivity contribution >= 4 is 11.3 Å². The van der Waals surface area contributed by atoms with Gasteiger partial charge in [-0.25, -0.2) is 9.50 Å². The van der Waals surface area contributed by atoms with Gasteiger partial charge >= 0.3 is 0 Å². The lowest BCUT2D eigenvalue weighted by Crippen LogP contribution is -1.93. The number of nitrogens with two attached hydrogens (primary N) is 1. The number of rotatable bonds is 1. The summed E-state index contributed by atoms with van der Waals surface area (Å²) in [6.07, 6.45) is 5.55. The Morgan fingerprint density at radius 3 is 2.82 bits per heavy atom. The normalized spacial score (nSPS) is 10.9. The SMILES string of the molecule is Cc1c(-c2ccc(N)nc2)ccn2nccc12. The Kier molecular flexibility index (Phi) is 2.08. The number of anilines is 1. The van der Waals surface area contributed by atoms with Crippen LogP contribution in [0.15, 0.2) is 42.9 Å². The molecule has 3 aromatic rings. The quantitative estimate of drug-likeness (QED) is 0.690. The van der Waals surface area contributed by atoms with E-state index in [1.54, 1.807) is 12.4 Å². The molecular formula is C13H12N4. The number of fused-ring (bicyclic) bond motifs is 1. The molecule has 0 aromatic carbocycles. The lowest BCUT2D eigenvalue weighted by Gasteiger charge is -2.07. The Hall–Kier alpha value is -2.36. The summed E-state index contributed by atoms with van der Waals surface area (Å²) in [6.45, 7) is 2.09. The fraction of sp³-hybridized carbons (Fsp3) is 0.0769. The van der Waals surface area contributed by atoms with Crippen molar-refractivity contribution in [2.75, 3.05) is 5.73 Å². The number of hydrogen-bond donors (Lipinski definition) is 1. The molecule has 3 rings (SSSR count). The first-order valence-electron chi connectivity index (χ1n) is 5.40. The Morgan fingerprint density at radius 1 is 1.18 bits per heavy atom. The third-order valence-corrected chi connectivity index (χ3v) is 2.94. The number of aryl methyl sites for hydroxylation is 1. The molecule has 0 saturated heterocycles. The molecule has 84 valence electrons. The maximum atomic E-state index is 5.59. The molecule has 0 amide bonds. The zero-order valence-corrected chi connectivity index (χ0v) is 9.46. The van der Waals surface area contributed by atoms with Crippen LogP contribution in [0, 0.1) is 6.92 Å². The van der Waals surface area contributed by atoms with Crippen molar-refractivity contribution in [3.05, 3.63) is 48.4 Å². The number of hydrogen-bond acceptors (Lipinski definition) is 3. The van der Waals surface area contributed by atoms with Crippen molar-refractivity contribution in [3.63, 3.8) is 0 Å². The van der Waals surface area contributed by atoms with E-state index in [4.69, 9.17) is 5.73 Å². The van der Waals surface area contributed by atoms with Gasteiger partial charge < -0.3 is 5.73 Å². The standard InChI is InChI=1S/C13H12N4/c1-9-11(10-2-3-13(14)15-8-10)5-7-17-12(9)4-6-16-17/h2-8H,1H3,(H2,14,15). The monoisotopic (exact) mass is 224 g/mol. The Labute approximate surface area is 98.7 Å². The van der Waals surface area contributed by atoms with Crippen LogP contribution in [0.4, 0.5) is 5.82 Å². The van der Waals surface area contributed by atoms with E-state index in [1.165, 1.54) is 5.56 Å². The average Bonchev–Trinajstić information content (AvgIpc) is 2.80. The maximum absolute atomic E-state index is 5.59. The number of nitrogen functional groups attached to an aromatic ring is 1. The topological polar surface area (TPSA) is 56.2 Å². The van der Waals surface area contributed by atoms with Gasteiger partial charge in [-0.3, -0.25) is 0 Å². The Morgan fingerprint density at radius 2 is 2.06 bits per heavy atom. The summed E-state index contributed by atoms with van der Waals surface area (Å²) in [7, 11) is 0. The molecule has 0 unspecified atom stereocenters. The van der Waals surface area contributed by atoms with Crippen LogP contribution in [0.3, 0.4) is 0 Å². The molecule has 0 atom stereocenters. The second kappa shape index (κ2) is 3.59. The van der Waals surface area contributed by atoms with Crippen LogP contribution in [0.2, 0.25) is 0 Å². The summed E-state index contributed by atoms with van der Waals surface area (Å²) in [5.41, 5.74) is 10.1. The molecule has 17 heavy (non-hydrogen) atoms. The van der Waals surface area contributed by atoms with Crippen molar-refractivity contribution in [2.45, 2.75) is 6.92 Å². The molecule has 0 aliphatic heterocycles. The zero-order chi connectivity index (χ0) is 11.8. The molecule has 0 radical (unpaired) electrons. The van der Waals surface area contributed by atoms with E-state index in [0.29, 0.717) is 5.82 Å². The van der Waals surface area contributed by atoms with Gasteiger partial charge in [0.25, 0.3) is 0 Å². The van der Waals surface area contributed by atoms with E-state index in [1.807, 2.05) is 35.0 Å². The molecule has 3 aromatic heterocycles. The highest BCUT2D eigenvalue weighted by Crippen LogP contribution is 2.25. The fourth-order valence-electron chi connectivity index (χ4n) is 2.02. The molecule has 0 bridgehead atoms. The fourth-order valence-corrected chi connectivity index (χ4v) is 2.02. The van der Waals surface area contributed by atoms with E-state index < -0.39 is 0 Å². The van der Waals surface area contributed by atoms with Gasteiger partial charge in [0.15, 0.2) is 0 Å². The van der Waals surface area contributed by atoms with Gasteiger partial charge in [-0.15, -0.1) is 0 Å². The van der Waals surface area contributed by atoms with Crippen LogP contribution in [0.5, 0.6) is 0 Å². The summed E-state index contributed by atoms with van der Waals surface area (Å²) in [5.74, 6) is 0.539. The van der Waals surface area contributed by atoms with Crippen molar-refractivity contribution in [1.29, 1.82) is 0 Å². The number of aromatic nitrogens is 3. The lowest BCUT2D eigenvalue weighted by atomic mass is 10.0. The zero-order valence-electron chi connectivity index (χ0n) is 9.46. The molecule has 0 spiro atoms. The van der Waals surface area contributed by atoms with Crippen molar-refractivity contribution in [1.82, 2.24) is 14.6 Å². The summed E-state index contributed by atoms with van der Waals surface area (Å²) < 4.78 is 1.86. The predicted molar refractivity (Wildman–Crippen MR) is 67.6 cm³/mol. The van der Waals surface area contributed by atoms with Crippen LogP contribution in [0.1, 0.15) is 5.56 Å². The van der Waals surface area contributed by atoms with Gasteiger partial charge in [-0.05, 0) is 42.3 Å². The van der Waals surface area contributed by atoms with E-state index in [-0.39, 0.29) is 0 Å². The first kappa shape index (κ1) is 9.84. The molecule has 3 heterocycles. The lowest BCUT2D eigenvalue weighted by molar-refractivity contribution is 0.957. The number of nitrogens with zero attached hydrogens (tertiary/aromatic N) is 3. The second-order valence-electron chi connectivity index (χ2n) is 3.99. The molecular weight excluding hydrogens is 212 g/mol. The molecule has 4 heteroatoms. The van der Waals surface area contributed by atoms with Gasteiger partial charge in [0.05, 0.1) is 5.52 Å². The van der Waals surface area contributed by atoms with Crippen molar-refractivity contribution in [3.8, 4) is 11.1 Å². The minimum atomic E-state index is 0.539. The first-order chi connectivity index (χ1) is 8.25. The Balaban J connectivity index is 2.23.